The van der Waals surface area contributed by atoms with Gasteiger partial charge in [0.05, 0.1) is 0 Å². The Labute approximate surface area is 120 Å². The highest BCUT2D eigenvalue weighted by Crippen LogP contribution is 2.62. The summed E-state index contributed by atoms with van der Waals surface area (Å²) in [5, 5.41) is 0. The summed E-state index contributed by atoms with van der Waals surface area (Å²) in [6, 6.07) is 0. The fraction of sp³-hybridized carbons (Fsp3) is 1.00. The van der Waals surface area contributed by atoms with Gasteiger partial charge in [-0.15, -0.1) is 0 Å². The summed E-state index contributed by atoms with van der Waals surface area (Å²) in [5.74, 6) is 3.12. The first-order valence-electron chi connectivity index (χ1n) is 8.41. The van der Waals surface area contributed by atoms with Crippen LogP contribution in [-0.2, 0) is 0 Å². The first-order valence-corrected chi connectivity index (χ1v) is 8.41. The van der Waals surface area contributed by atoms with Gasteiger partial charge in [-0.05, 0) is 61.4 Å². The molecule has 1 aliphatic rings. The topological polar surface area (TPSA) is 52.0 Å². The molecule has 1 rings (SSSR count). The molecule has 114 valence electrons. The van der Waals surface area contributed by atoms with E-state index in [1.165, 1.54) is 32.1 Å². The summed E-state index contributed by atoms with van der Waals surface area (Å²) in [4.78, 5) is 0. The zero-order valence-corrected chi connectivity index (χ0v) is 13.6. The second-order valence-corrected chi connectivity index (χ2v) is 7.14. The maximum atomic E-state index is 6.11. The standard InChI is InChI=1S/C17H36N2/c1-5-13(2)7-6-9-17(11-15(17)4)16(12-19)14(3)8-10-18/h13-16H,5-12,18-19H2,1-4H3/t13?,14?,15?,16-,17?/m1/s1. The van der Waals surface area contributed by atoms with Crippen LogP contribution < -0.4 is 11.5 Å². The summed E-state index contributed by atoms with van der Waals surface area (Å²) in [6.07, 6.45) is 7.98. The highest BCUT2D eigenvalue weighted by molar-refractivity contribution is 5.05. The molecule has 1 aliphatic carbocycles. The van der Waals surface area contributed by atoms with Crippen LogP contribution in [0.5, 0.6) is 0 Å². The molecule has 0 aliphatic heterocycles. The molecule has 0 aromatic carbocycles. The summed E-state index contributed by atoms with van der Waals surface area (Å²) in [6.45, 7) is 11.1. The van der Waals surface area contributed by atoms with Crippen LogP contribution >= 0.6 is 0 Å². The summed E-state index contributed by atoms with van der Waals surface area (Å²) >= 11 is 0. The summed E-state index contributed by atoms with van der Waals surface area (Å²) < 4.78 is 0. The van der Waals surface area contributed by atoms with Crippen molar-refractivity contribution in [3.05, 3.63) is 0 Å². The molecule has 0 radical (unpaired) electrons. The third kappa shape index (κ3) is 4.19. The van der Waals surface area contributed by atoms with E-state index >= 15 is 0 Å². The van der Waals surface area contributed by atoms with E-state index in [9.17, 15) is 0 Å². The molecule has 19 heavy (non-hydrogen) atoms. The van der Waals surface area contributed by atoms with Crippen molar-refractivity contribution in [3.63, 3.8) is 0 Å². The molecule has 4 unspecified atom stereocenters. The van der Waals surface area contributed by atoms with E-state index in [1.54, 1.807) is 0 Å². The zero-order valence-electron chi connectivity index (χ0n) is 13.6. The molecule has 2 heteroatoms. The average Bonchev–Trinajstić information content (AvgIpc) is 3.01. The van der Waals surface area contributed by atoms with E-state index in [0.717, 1.165) is 31.3 Å². The summed E-state index contributed by atoms with van der Waals surface area (Å²) in [5.41, 5.74) is 12.4. The zero-order chi connectivity index (χ0) is 14.5. The summed E-state index contributed by atoms with van der Waals surface area (Å²) in [7, 11) is 0. The van der Waals surface area contributed by atoms with Crippen LogP contribution in [0.25, 0.3) is 0 Å². The van der Waals surface area contributed by atoms with Gasteiger partial charge < -0.3 is 11.5 Å². The Kier molecular flexibility index (Phi) is 6.82. The largest absolute Gasteiger partial charge is 0.330 e. The SMILES string of the molecule is CCC(C)CCCC1([C@H](CN)C(C)CCN)CC1C. The van der Waals surface area contributed by atoms with Gasteiger partial charge in [-0.1, -0.05) is 47.0 Å². The van der Waals surface area contributed by atoms with Crippen molar-refractivity contribution in [1.82, 2.24) is 0 Å². The fourth-order valence-corrected chi connectivity index (χ4v) is 4.04. The molecule has 0 aromatic heterocycles. The van der Waals surface area contributed by atoms with Crippen molar-refractivity contribution in [2.24, 2.45) is 40.6 Å². The van der Waals surface area contributed by atoms with Gasteiger partial charge in [0.15, 0.2) is 0 Å². The van der Waals surface area contributed by atoms with E-state index < -0.39 is 0 Å². The lowest BCUT2D eigenvalue weighted by Gasteiger charge is -2.32. The Hall–Kier alpha value is -0.0800. The van der Waals surface area contributed by atoms with Crippen LogP contribution in [0.4, 0.5) is 0 Å². The lowest BCUT2D eigenvalue weighted by molar-refractivity contribution is 0.183. The predicted octanol–water partition coefficient (Wildman–Crippen LogP) is 3.79. The van der Waals surface area contributed by atoms with Gasteiger partial charge in [0.25, 0.3) is 0 Å². The normalized spacial score (nSPS) is 30.9. The second-order valence-electron chi connectivity index (χ2n) is 7.14. The molecule has 0 bridgehead atoms. The van der Waals surface area contributed by atoms with Crippen LogP contribution in [-0.4, -0.2) is 13.1 Å². The van der Waals surface area contributed by atoms with Crippen LogP contribution in [0.3, 0.4) is 0 Å². The number of hydrogen-bond acceptors (Lipinski definition) is 2. The van der Waals surface area contributed by atoms with Gasteiger partial charge in [-0.2, -0.15) is 0 Å². The molecule has 0 saturated heterocycles. The first-order chi connectivity index (χ1) is 9.01. The van der Waals surface area contributed by atoms with Crippen LogP contribution in [0, 0.1) is 29.1 Å². The molecular formula is C17H36N2. The van der Waals surface area contributed by atoms with Gasteiger partial charge in [0.1, 0.15) is 0 Å². The van der Waals surface area contributed by atoms with Gasteiger partial charge in [0, 0.05) is 0 Å². The Morgan fingerprint density at radius 2 is 1.84 bits per heavy atom. The van der Waals surface area contributed by atoms with Crippen molar-refractivity contribution in [2.75, 3.05) is 13.1 Å². The fourth-order valence-electron chi connectivity index (χ4n) is 4.04. The van der Waals surface area contributed by atoms with Crippen LogP contribution in [0.15, 0.2) is 0 Å². The predicted molar refractivity (Wildman–Crippen MR) is 84.9 cm³/mol. The Balaban J connectivity index is 2.53. The molecule has 4 N–H and O–H groups in total. The van der Waals surface area contributed by atoms with Crippen LogP contribution in [0.1, 0.15) is 66.2 Å². The van der Waals surface area contributed by atoms with Gasteiger partial charge in [-0.3, -0.25) is 0 Å². The van der Waals surface area contributed by atoms with E-state index in [1.807, 2.05) is 0 Å². The third-order valence-corrected chi connectivity index (χ3v) is 5.84. The highest BCUT2D eigenvalue weighted by atomic mass is 14.7. The van der Waals surface area contributed by atoms with E-state index in [0.29, 0.717) is 17.3 Å². The smallest absolute Gasteiger partial charge is 0.00409 e. The Morgan fingerprint density at radius 3 is 2.26 bits per heavy atom. The maximum Gasteiger partial charge on any atom is -0.00409 e. The van der Waals surface area contributed by atoms with Crippen molar-refractivity contribution in [1.29, 1.82) is 0 Å². The van der Waals surface area contributed by atoms with E-state index in [-0.39, 0.29) is 0 Å². The van der Waals surface area contributed by atoms with Crippen molar-refractivity contribution in [3.8, 4) is 0 Å². The molecule has 0 amide bonds. The van der Waals surface area contributed by atoms with Crippen molar-refractivity contribution >= 4 is 0 Å². The maximum absolute atomic E-state index is 6.11. The molecule has 0 spiro atoms. The third-order valence-electron chi connectivity index (χ3n) is 5.84. The monoisotopic (exact) mass is 268 g/mol. The number of nitrogens with two attached hydrogens (primary N) is 2. The van der Waals surface area contributed by atoms with Crippen molar-refractivity contribution in [2.45, 2.75) is 66.2 Å². The van der Waals surface area contributed by atoms with Crippen LogP contribution in [0.2, 0.25) is 0 Å². The van der Waals surface area contributed by atoms with Crippen molar-refractivity contribution < 1.29 is 0 Å². The number of hydrogen-bond donors (Lipinski definition) is 2. The quantitative estimate of drug-likeness (QED) is 0.633. The molecule has 0 aromatic rings. The average molecular weight is 268 g/mol. The number of rotatable bonds is 10. The molecule has 2 nitrogen and oxygen atoms in total. The van der Waals surface area contributed by atoms with Gasteiger partial charge in [-0.25, -0.2) is 0 Å². The van der Waals surface area contributed by atoms with E-state index in [2.05, 4.69) is 27.7 Å². The molecule has 1 saturated carbocycles. The second kappa shape index (κ2) is 7.64. The minimum absolute atomic E-state index is 0.552. The lowest BCUT2D eigenvalue weighted by atomic mass is 9.74. The molecule has 0 heterocycles. The Morgan fingerprint density at radius 1 is 1.21 bits per heavy atom. The van der Waals surface area contributed by atoms with Gasteiger partial charge >= 0.3 is 0 Å². The van der Waals surface area contributed by atoms with Gasteiger partial charge in [0.2, 0.25) is 0 Å². The highest BCUT2D eigenvalue weighted by Gasteiger charge is 2.55. The Bertz CT molecular complexity index is 254. The molecule has 1 fully saturated rings. The molecule has 5 atom stereocenters. The molecular weight excluding hydrogens is 232 g/mol. The van der Waals surface area contributed by atoms with E-state index in [4.69, 9.17) is 11.5 Å². The minimum Gasteiger partial charge on any atom is -0.330 e. The minimum atomic E-state index is 0.552. The lowest BCUT2D eigenvalue weighted by Crippen LogP contribution is -2.33. The first kappa shape index (κ1) is 17.0.